The maximum atomic E-state index is 13.7. The summed E-state index contributed by atoms with van der Waals surface area (Å²) in [6.07, 6.45) is 1.49. The predicted molar refractivity (Wildman–Crippen MR) is 150 cm³/mol. The molecule has 2 heterocycles. The molecule has 0 fully saturated rings. The summed E-state index contributed by atoms with van der Waals surface area (Å²) < 4.78 is 16.4. The number of thioether (sulfide) groups is 1. The molecule has 0 saturated heterocycles. The molecule has 39 heavy (non-hydrogen) atoms. The lowest BCUT2D eigenvalue weighted by Crippen LogP contribution is -2.31. The van der Waals surface area contributed by atoms with Gasteiger partial charge in [0.2, 0.25) is 5.91 Å². The zero-order valence-corrected chi connectivity index (χ0v) is 22.8. The maximum absolute atomic E-state index is 13.7. The van der Waals surface area contributed by atoms with Gasteiger partial charge < -0.3 is 29.8 Å². The second kappa shape index (κ2) is 12.3. The number of carbonyl (C=O) groups is 2. The maximum Gasteiger partial charge on any atom is 0.254 e. The fourth-order valence-electron chi connectivity index (χ4n) is 4.21. The highest BCUT2D eigenvalue weighted by Crippen LogP contribution is 2.41. The number of aryl methyl sites for hydroxylation is 1. The van der Waals surface area contributed by atoms with Crippen LogP contribution in [-0.4, -0.2) is 31.8 Å². The van der Waals surface area contributed by atoms with Crippen LogP contribution in [-0.2, 0) is 9.59 Å². The predicted octanol–water partition coefficient (Wildman–Crippen LogP) is 5.31. The number of allylic oxidation sites excluding steroid dienone is 2. The van der Waals surface area contributed by atoms with Crippen molar-refractivity contribution in [3.63, 3.8) is 0 Å². The van der Waals surface area contributed by atoms with Gasteiger partial charge in [0, 0.05) is 17.5 Å². The summed E-state index contributed by atoms with van der Waals surface area (Å²) in [5, 5.41) is 19.6. The van der Waals surface area contributed by atoms with Gasteiger partial charge >= 0.3 is 0 Å². The number of para-hydroxylation sites is 1. The summed E-state index contributed by atoms with van der Waals surface area (Å²) in [6.45, 7) is 3.66. The van der Waals surface area contributed by atoms with Crippen LogP contribution in [0.1, 0.15) is 24.2 Å². The molecule has 1 aliphatic rings. The molecule has 0 unspecified atom stereocenters. The first kappa shape index (κ1) is 27.4. The molecule has 0 radical (unpaired) electrons. The molecule has 9 nitrogen and oxygen atoms in total. The number of anilines is 2. The van der Waals surface area contributed by atoms with Crippen molar-refractivity contribution in [3.05, 3.63) is 94.1 Å². The Balaban J connectivity index is 1.61. The first-order chi connectivity index (χ1) is 18.9. The summed E-state index contributed by atoms with van der Waals surface area (Å²) >= 11 is 1.19. The number of nitrogens with zero attached hydrogens (tertiary/aromatic N) is 1. The molecule has 0 aliphatic carbocycles. The van der Waals surface area contributed by atoms with E-state index in [4.69, 9.17) is 13.9 Å². The Labute approximate surface area is 230 Å². The third-order valence-electron chi connectivity index (χ3n) is 6.14. The van der Waals surface area contributed by atoms with Gasteiger partial charge in [0.1, 0.15) is 17.3 Å². The van der Waals surface area contributed by atoms with Crippen LogP contribution in [0.15, 0.2) is 87.1 Å². The van der Waals surface area contributed by atoms with E-state index in [2.05, 4.69) is 22.0 Å². The Morgan fingerprint density at radius 2 is 1.85 bits per heavy atom. The molecule has 2 amide bonds. The minimum Gasteiger partial charge on any atom is -0.497 e. The summed E-state index contributed by atoms with van der Waals surface area (Å²) in [5.41, 5.74) is 3.19. The van der Waals surface area contributed by atoms with E-state index in [1.165, 1.54) is 32.2 Å². The monoisotopic (exact) mass is 544 g/mol. The SMILES string of the molecule is COc1ccc(OC)c(NC(=O)C2=C(C)NC(SCC(=O)Nc3ccccc3C)=C(C#N)[C@@H]2c2ccco2)c1. The number of rotatable bonds is 9. The van der Waals surface area contributed by atoms with Crippen LogP contribution in [0.25, 0.3) is 0 Å². The third-order valence-corrected chi connectivity index (χ3v) is 7.16. The van der Waals surface area contributed by atoms with E-state index in [1.54, 1.807) is 37.3 Å². The van der Waals surface area contributed by atoms with Crippen molar-refractivity contribution in [2.24, 2.45) is 0 Å². The number of furan rings is 1. The number of amides is 2. The van der Waals surface area contributed by atoms with E-state index in [-0.39, 0.29) is 17.2 Å². The second-order valence-electron chi connectivity index (χ2n) is 8.64. The van der Waals surface area contributed by atoms with Crippen LogP contribution in [0.4, 0.5) is 11.4 Å². The standard InChI is InChI=1S/C29H28N4O5S/c1-17-8-5-6-9-21(17)32-25(34)16-39-29-20(15-30)27(24-10-7-13-38-24)26(18(2)31-29)28(35)33-22-14-19(36-3)11-12-23(22)37-4/h5-14,27,31H,16H2,1-4H3,(H,32,34)(H,33,35)/t27-/m1/s1. The molecule has 0 saturated carbocycles. The van der Waals surface area contributed by atoms with Crippen LogP contribution >= 0.6 is 11.8 Å². The van der Waals surface area contributed by atoms with Gasteiger partial charge in [-0.3, -0.25) is 9.59 Å². The Kier molecular flexibility index (Phi) is 8.63. The van der Waals surface area contributed by atoms with Crippen molar-refractivity contribution < 1.29 is 23.5 Å². The molecular weight excluding hydrogens is 516 g/mol. The van der Waals surface area contributed by atoms with Gasteiger partial charge in [-0.2, -0.15) is 5.26 Å². The van der Waals surface area contributed by atoms with Crippen molar-refractivity contribution >= 4 is 35.0 Å². The molecule has 3 aromatic rings. The zero-order valence-electron chi connectivity index (χ0n) is 22.0. The second-order valence-corrected chi connectivity index (χ2v) is 9.62. The number of nitrogens with one attached hydrogen (secondary N) is 3. The highest BCUT2D eigenvalue weighted by Gasteiger charge is 2.36. The minimum atomic E-state index is -0.787. The van der Waals surface area contributed by atoms with Crippen LogP contribution in [0, 0.1) is 18.3 Å². The molecule has 1 atom stereocenters. The highest BCUT2D eigenvalue weighted by atomic mass is 32.2. The lowest BCUT2D eigenvalue weighted by Gasteiger charge is -2.28. The molecule has 2 aromatic carbocycles. The summed E-state index contributed by atoms with van der Waals surface area (Å²) in [5.74, 6) is 0.0343. The number of methoxy groups -OCH3 is 2. The topological polar surface area (TPSA) is 126 Å². The number of hydrogen-bond acceptors (Lipinski definition) is 8. The van der Waals surface area contributed by atoms with Crippen LogP contribution in [0.3, 0.4) is 0 Å². The fraction of sp³-hybridized carbons (Fsp3) is 0.207. The van der Waals surface area contributed by atoms with Gasteiger partial charge in [-0.05, 0) is 49.7 Å². The van der Waals surface area contributed by atoms with Crippen LogP contribution < -0.4 is 25.4 Å². The van der Waals surface area contributed by atoms with Gasteiger partial charge in [0.25, 0.3) is 5.91 Å². The Morgan fingerprint density at radius 1 is 1.05 bits per heavy atom. The number of benzene rings is 2. The highest BCUT2D eigenvalue weighted by molar-refractivity contribution is 8.03. The molecule has 1 aromatic heterocycles. The summed E-state index contributed by atoms with van der Waals surface area (Å²) in [6, 6.07) is 18.2. The molecule has 0 bridgehead atoms. The van der Waals surface area contributed by atoms with Crippen LogP contribution in [0.2, 0.25) is 0 Å². The van der Waals surface area contributed by atoms with Crippen molar-refractivity contribution in [3.8, 4) is 17.6 Å². The fourth-order valence-corrected chi connectivity index (χ4v) is 5.10. The molecule has 3 N–H and O–H groups in total. The molecule has 10 heteroatoms. The summed E-state index contributed by atoms with van der Waals surface area (Å²) in [7, 11) is 3.04. The van der Waals surface area contributed by atoms with E-state index in [0.717, 1.165) is 11.3 Å². The van der Waals surface area contributed by atoms with E-state index >= 15 is 0 Å². The van der Waals surface area contributed by atoms with Gasteiger partial charge in [-0.1, -0.05) is 30.0 Å². The Hall–Kier alpha value is -4.62. The molecular formula is C29H28N4O5S. The van der Waals surface area contributed by atoms with Crippen LogP contribution in [0.5, 0.6) is 11.5 Å². The Bertz CT molecular complexity index is 1490. The smallest absolute Gasteiger partial charge is 0.254 e. The Morgan fingerprint density at radius 3 is 2.51 bits per heavy atom. The first-order valence-corrected chi connectivity index (χ1v) is 13.0. The molecule has 1 aliphatic heterocycles. The first-order valence-electron chi connectivity index (χ1n) is 12.0. The number of ether oxygens (including phenoxy) is 2. The van der Waals surface area contributed by atoms with E-state index in [1.807, 2.05) is 31.2 Å². The van der Waals surface area contributed by atoms with Crippen molar-refractivity contribution in [1.29, 1.82) is 5.26 Å². The zero-order chi connectivity index (χ0) is 27.9. The number of hydrogen-bond donors (Lipinski definition) is 3. The van der Waals surface area contributed by atoms with Crippen molar-refractivity contribution in [1.82, 2.24) is 5.32 Å². The van der Waals surface area contributed by atoms with Gasteiger partial charge in [-0.25, -0.2) is 0 Å². The van der Waals surface area contributed by atoms with E-state index < -0.39 is 11.8 Å². The molecule has 4 rings (SSSR count). The van der Waals surface area contributed by atoms with E-state index in [0.29, 0.717) is 39.2 Å². The van der Waals surface area contributed by atoms with Crippen molar-refractivity contribution in [2.45, 2.75) is 19.8 Å². The van der Waals surface area contributed by atoms with Gasteiger partial charge in [0.05, 0.1) is 60.1 Å². The van der Waals surface area contributed by atoms with E-state index in [9.17, 15) is 14.9 Å². The molecule has 200 valence electrons. The average Bonchev–Trinajstić information content (AvgIpc) is 3.47. The minimum absolute atomic E-state index is 0.0581. The van der Waals surface area contributed by atoms with Crippen molar-refractivity contribution in [2.75, 3.05) is 30.6 Å². The molecule has 0 spiro atoms. The lowest BCUT2D eigenvalue weighted by atomic mass is 9.85. The van der Waals surface area contributed by atoms with Gasteiger partial charge in [0.15, 0.2) is 0 Å². The lowest BCUT2D eigenvalue weighted by molar-refractivity contribution is -0.114. The number of dihydropyridines is 1. The quantitative estimate of drug-likeness (QED) is 0.331. The third kappa shape index (κ3) is 6.10. The normalized spacial score (nSPS) is 14.8. The number of carbonyl (C=O) groups excluding carboxylic acids is 2. The average molecular weight is 545 g/mol. The van der Waals surface area contributed by atoms with Gasteiger partial charge in [-0.15, -0.1) is 0 Å². The largest absolute Gasteiger partial charge is 0.497 e. The number of nitriles is 1. The summed E-state index contributed by atoms with van der Waals surface area (Å²) in [4.78, 5) is 26.4.